The number of nitrogens with one attached hydrogen (secondary N) is 3. The number of amides is 4. The lowest BCUT2D eigenvalue weighted by atomic mass is 9.92. The number of fused-ring (bicyclic) bond motifs is 1. The Morgan fingerprint density at radius 1 is 1.11 bits per heavy atom. The first-order valence-corrected chi connectivity index (χ1v) is 8.84. The van der Waals surface area contributed by atoms with Gasteiger partial charge in [-0.2, -0.15) is 0 Å². The summed E-state index contributed by atoms with van der Waals surface area (Å²) in [5.41, 5.74) is 2.28. The summed E-state index contributed by atoms with van der Waals surface area (Å²) in [6, 6.07) is 12.0. The third-order valence-corrected chi connectivity index (χ3v) is 5.11. The Morgan fingerprint density at radius 3 is 2.54 bits per heavy atom. The van der Waals surface area contributed by atoms with Crippen molar-refractivity contribution in [1.29, 1.82) is 0 Å². The van der Waals surface area contributed by atoms with Crippen LogP contribution in [0.5, 0.6) is 0 Å². The van der Waals surface area contributed by atoms with Gasteiger partial charge in [-0.25, -0.2) is 4.79 Å². The minimum absolute atomic E-state index is 0.243. The van der Waals surface area contributed by atoms with Crippen LogP contribution in [0.3, 0.4) is 0 Å². The zero-order valence-corrected chi connectivity index (χ0v) is 15.7. The van der Waals surface area contributed by atoms with E-state index in [0.29, 0.717) is 16.8 Å². The van der Waals surface area contributed by atoms with Crippen molar-refractivity contribution in [3.8, 4) is 0 Å². The van der Waals surface area contributed by atoms with Crippen molar-refractivity contribution in [2.45, 2.75) is 26.3 Å². The second-order valence-corrected chi connectivity index (χ2v) is 7.08. The molecular formula is C21H19N3O4. The molecule has 0 saturated carbocycles. The van der Waals surface area contributed by atoms with Gasteiger partial charge in [0.25, 0.3) is 11.8 Å². The molecule has 1 saturated heterocycles. The minimum atomic E-state index is -1.19. The number of carbonyl (C=O) groups excluding carboxylic acids is 3. The Kier molecular flexibility index (Phi) is 3.96. The quantitative estimate of drug-likeness (QED) is 0.609. The average molecular weight is 377 g/mol. The molecule has 0 spiro atoms. The number of furan rings is 1. The van der Waals surface area contributed by atoms with Gasteiger partial charge in [0.2, 0.25) is 0 Å². The summed E-state index contributed by atoms with van der Waals surface area (Å²) in [6.45, 7) is 5.38. The van der Waals surface area contributed by atoms with Gasteiger partial charge in [-0.1, -0.05) is 30.3 Å². The molecule has 142 valence electrons. The third-order valence-electron chi connectivity index (χ3n) is 5.11. The van der Waals surface area contributed by atoms with Crippen LogP contribution in [0.2, 0.25) is 0 Å². The van der Waals surface area contributed by atoms with Crippen LogP contribution >= 0.6 is 0 Å². The van der Waals surface area contributed by atoms with Crippen molar-refractivity contribution >= 4 is 34.5 Å². The van der Waals surface area contributed by atoms with Crippen molar-refractivity contribution in [2.24, 2.45) is 0 Å². The van der Waals surface area contributed by atoms with Crippen LogP contribution in [0, 0.1) is 13.8 Å². The first kappa shape index (κ1) is 17.8. The SMILES string of the molecule is Cc1c(C(=O)Nc2cccc(C3(C)NC(=O)NC3=O)c2)oc2c(C)cccc12. The second kappa shape index (κ2) is 6.23. The second-order valence-electron chi connectivity index (χ2n) is 7.08. The van der Waals surface area contributed by atoms with Gasteiger partial charge >= 0.3 is 6.03 Å². The molecule has 28 heavy (non-hydrogen) atoms. The maximum Gasteiger partial charge on any atom is 0.322 e. The highest BCUT2D eigenvalue weighted by atomic mass is 16.3. The van der Waals surface area contributed by atoms with E-state index in [4.69, 9.17) is 4.42 Å². The first-order valence-electron chi connectivity index (χ1n) is 8.84. The Morgan fingerprint density at radius 2 is 1.86 bits per heavy atom. The van der Waals surface area contributed by atoms with E-state index in [1.807, 2.05) is 32.0 Å². The number of imide groups is 1. The Bertz CT molecular complexity index is 1150. The molecule has 1 aliphatic rings. The predicted octanol–water partition coefficient (Wildman–Crippen LogP) is 3.36. The Labute approximate surface area is 161 Å². The summed E-state index contributed by atoms with van der Waals surface area (Å²) >= 11 is 0. The van der Waals surface area contributed by atoms with Crippen LogP contribution in [0.25, 0.3) is 11.0 Å². The van der Waals surface area contributed by atoms with E-state index in [-0.39, 0.29) is 11.7 Å². The highest BCUT2D eigenvalue weighted by molar-refractivity contribution is 6.08. The first-order chi connectivity index (χ1) is 13.3. The van der Waals surface area contributed by atoms with E-state index in [1.54, 1.807) is 31.2 Å². The van der Waals surface area contributed by atoms with Crippen LogP contribution in [0.15, 0.2) is 46.9 Å². The van der Waals surface area contributed by atoms with E-state index >= 15 is 0 Å². The molecule has 7 heteroatoms. The highest BCUT2D eigenvalue weighted by Crippen LogP contribution is 2.29. The fourth-order valence-electron chi connectivity index (χ4n) is 3.44. The van der Waals surface area contributed by atoms with Gasteiger partial charge in [0.1, 0.15) is 11.1 Å². The predicted molar refractivity (Wildman–Crippen MR) is 104 cm³/mol. The van der Waals surface area contributed by atoms with E-state index in [0.717, 1.165) is 16.5 Å². The molecule has 4 rings (SSSR count). The molecule has 0 bridgehead atoms. The van der Waals surface area contributed by atoms with Gasteiger partial charge in [0.15, 0.2) is 5.76 Å². The van der Waals surface area contributed by atoms with Crippen molar-refractivity contribution in [2.75, 3.05) is 5.32 Å². The summed E-state index contributed by atoms with van der Waals surface area (Å²) in [5.74, 6) is -0.576. The molecule has 1 aromatic heterocycles. The maximum absolute atomic E-state index is 12.8. The molecule has 7 nitrogen and oxygen atoms in total. The molecule has 2 heterocycles. The van der Waals surface area contributed by atoms with Crippen molar-refractivity contribution in [3.05, 3.63) is 64.9 Å². The summed E-state index contributed by atoms with van der Waals surface area (Å²) in [7, 11) is 0. The van der Waals surface area contributed by atoms with Crippen LogP contribution in [0.1, 0.15) is 34.2 Å². The lowest BCUT2D eigenvalue weighted by Gasteiger charge is -2.21. The summed E-state index contributed by atoms with van der Waals surface area (Å²) in [6.07, 6.45) is 0. The van der Waals surface area contributed by atoms with Gasteiger partial charge in [-0.3, -0.25) is 14.9 Å². The number of para-hydroxylation sites is 1. The monoisotopic (exact) mass is 377 g/mol. The smallest absolute Gasteiger partial charge is 0.322 e. The third kappa shape index (κ3) is 2.72. The number of urea groups is 1. The number of hydrogen-bond donors (Lipinski definition) is 3. The van der Waals surface area contributed by atoms with Gasteiger partial charge < -0.3 is 15.1 Å². The molecule has 1 atom stereocenters. The molecule has 2 aromatic carbocycles. The molecule has 1 aliphatic heterocycles. The number of anilines is 1. The fourth-order valence-corrected chi connectivity index (χ4v) is 3.44. The molecular weight excluding hydrogens is 358 g/mol. The van der Waals surface area contributed by atoms with E-state index in [2.05, 4.69) is 16.0 Å². The highest BCUT2D eigenvalue weighted by Gasteiger charge is 2.43. The Hall–Kier alpha value is -3.61. The van der Waals surface area contributed by atoms with Crippen LogP contribution in [-0.2, 0) is 10.3 Å². The number of benzene rings is 2. The van der Waals surface area contributed by atoms with Crippen molar-refractivity contribution in [1.82, 2.24) is 10.6 Å². The number of rotatable bonds is 3. The van der Waals surface area contributed by atoms with Gasteiger partial charge in [0, 0.05) is 16.6 Å². The molecule has 0 aliphatic carbocycles. The van der Waals surface area contributed by atoms with Crippen molar-refractivity contribution < 1.29 is 18.8 Å². The van der Waals surface area contributed by atoms with Crippen LogP contribution in [-0.4, -0.2) is 17.8 Å². The maximum atomic E-state index is 12.8. The van der Waals surface area contributed by atoms with Gasteiger partial charge in [0.05, 0.1) is 0 Å². The number of hydrogen-bond acceptors (Lipinski definition) is 4. The summed E-state index contributed by atoms with van der Waals surface area (Å²) in [5, 5.41) is 8.55. The van der Waals surface area contributed by atoms with Crippen LogP contribution in [0.4, 0.5) is 10.5 Å². The van der Waals surface area contributed by atoms with Crippen molar-refractivity contribution in [3.63, 3.8) is 0 Å². The zero-order valence-electron chi connectivity index (χ0n) is 15.7. The zero-order chi connectivity index (χ0) is 20.1. The molecule has 0 radical (unpaired) electrons. The van der Waals surface area contributed by atoms with Crippen LogP contribution < -0.4 is 16.0 Å². The normalized spacial score (nSPS) is 18.8. The average Bonchev–Trinajstić information content (AvgIpc) is 3.13. The summed E-state index contributed by atoms with van der Waals surface area (Å²) in [4.78, 5) is 36.4. The van der Waals surface area contributed by atoms with Gasteiger partial charge in [-0.15, -0.1) is 0 Å². The standard InChI is InChI=1S/C21H19N3O4/c1-11-6-4-9-15-12(2)17(28-16(11)15)18(25)22-14-8-5-7-13(10-14)21(3)19(26)23-20(27)24-21/h4-10H,1-3H3,(H,22,25)(H2,23,24,26,27). The molecule has 1 fully saturated rings. The lowest BCUT2D eigenvalue weighted by Crippen LogP contribution is -2.40. The molecule has 3 N–H and O–H groups in total. The number of carbonyl (C=O) groups is 3. The molecule has 4 amide bonds. The number of aryl methyl sites for hydroxylation is 2. The topological polar surface area (TPSA) is 100 Å². The largest absolute Gasteiger partial charge is 0.450 e. The van der Waals surface area contributed by atoms with E-state index < -0.39 is 17.5 Å². The fraction of sp³-hybridized carbons (Fsp3) is 0.190. The minimum Gasteiger partial charge on any atom is -0.450 e. The molecule has 3 aromatic rings. The van der Waals surface area contributed by atoms with E-state index in [9.17, 15) is 14.4 Å². The lowest BCUT2D eigenvalue weighted by molar-refractivity contribution is -0.123. The van der Waals surface area contributed by atoms with E-state index in [1.165, 1.54) is 0 Å². The molecule has 1 unspecified atom stereocenters. The summed E-state index contributed by atoms with van der Waals surface area (Å²) < 4.78 is 5.81. The van der Waals surface area contributed by atoms with Gasteiger partial charge in [-0.05, 0) is 44.0 Å². The Balaban J connectivity index is 1.65.